The Kier molecular flexibility index (Phi) is 4.58. The van der Waals surface area contributed by atoms with Crippen molar-refractivity contribution in [2.24, 2.45) is 0 Å². The van der Waals surface area contributed by atoms with Crippen molar-refractivity contribution in [1.82, 2.24) is 0 Å². The Bertz CT molecular complexity index is 472. The lowest BCUT2D eigenvalue weighted by Gasteiger charge is -2.29. The lowest BCUT2D eigenvalue weighted by Crippen LogP contribution is -2.27. The molecule has 0 atom stereocenters. The molecule has 1 aromatic rings. The van der Waals surface area contributed by atoms with Crippen LogP contribution in [0.3, 0.4) is 0 Å². The van der Waals surface area contributed by atoms with Gasteiger partial charge in [0.2, 0.25) is 0 Å². The summed E-state index contributed by atoms with van der Waals surface area (Å²) in [5, 5.41) is 0. The fourth-order valence-electron chi connectivity index (χ4n) is 2.10. The molecule has 4 heteroatoms. The van der Waals surface area contributed by atoms with Gasteiger partial charge in [-0.15, -0.1) is 0 Å². The van der Waals surface area contributed by atoms with Gasteiger partial charge in [-0.2, -0.15) is 0 Å². The second-order valence-corrected chi connectivity index (χ2v) is 5.79. The molecule has 0 aromatic heterocycles. The summed E-state index contributed by atoms with van der Waals surface area (Å²) in [6.45, 7) is 10.1. The second-order valence-electron chi connectivity index (χ2n) is 5.79. The average Bonchev–Trinajstić information content (AvgIpc) is 2.25. The summed E-state index contributed by atoms with van der Waals surface area (Å²) in [4.78, 5) is 22.3. The van der Waals surface area contributed by atoms with Crippen molar-refractivity contribution in [3.8, 4) is 0 Å². The smallest absolute Gasteiger partial charge is 0.303 e. The van der Waals surface area contributed by atoms with E-state index in [0.29, 0.717) is 0 Å². The summed E-state index contributed by atoms with van der Waals surface area (Å²) >= 11 is 0. The number of rotatable bonds is 4. The quantitative estimate of drug-likeness (QED) is 0.793. The van der Waals surface area contributed by atoms with E-state index in [0.717, 1.165) is 11.1 Å². The van der Waals surface area contributed by atoms with Crippen LogP contribution in [0.5, 0.6) is 0 Å². The van der Waals surface area contributed by atoms with Gasteiger partial charge >= 0.3 is 11.9 Å². The molecule has 0 aliphatic heterocycles. The number of ether oxygens (including phenoxy) is 2. The molecule has 0 saturated carbocycles. The van der Waals surface area contributed by atoms with Gasteiger partial charge in [0.15, 0.2) is 0 Å². The van der Waals surface area contributed by atoms with Gasteiger partial charge in [-0.05, 0) is 44.9 Å². The highest BCUT2D eigenvalue weighted by Gasteiger charge is 2.28. The van der Waals surface area contributed by atoms with Crippen molar-refractivity contribution in [1.29, 1.82) is 0 Å². The van der Waals surface area contributed by atoms with Crippen LogP contribution in [0, 0.1) is 0 Å². The molecule has 0 N–H and O–H groups in total. The minimum absolute atomic E-state index is 0.334. The zero-order valence-corrected chi connectivity index (χ0v) is 12.9. The van der Waals surface area contributed by atoms with Crippen LogP contribution in [0.4, 0.5) is 0 Å². The predicted molar refractivity (Wildman–Crippen MR) is 76.0 cm³/mol. The van der Waals surface area contributed by atoms with Crippen LogP contribution in [0.15, 0.2) is 24.3 Å². The molecule has 0 aliphatic rings. The van der Waals surface area contributed by atoms with E-state index in [1.54, 1.807) is 0 Å². The summed E-state index contributed by atoms with van der Waals surface area (Å²) in [5.74, 6) is -0.667. The van der Waals surface area contributed by atoms with Gasteiger partial charge in [0.25, 0.3) is 0 Å². The summed E-state index contributed by atoms with van der Waals surface area (Å²) < 4.78 is 10.7. The van der Waals surface area contributed by atoms with E-state index in [4.69, 9.17) is 9.47 Å². The van der Waals surface area contributed by atoms with Gasteiger partial charge in [0.1, 0.15) is 11.2 Å². The molecule has 0 fully saturated rings. The Balaban J connectivity index is 3.13. The maximum Gasteiger partial charge on any atom is 0.303 e. The molecule has 0 spiro atoms. The third-order valence-electron chi connectivity index (χ3n) is 3.05. The van der Waals surface area contributed by atoms with Crippen molar-refractivity contribution < 1.29 is 19.1 Å². The maximum absolute atomic E-state index is 11.2. The number of hydrogen-bond acceptors (Lipinski definition) is 4. The van der Waals surface area contributed by atoms with Gasteiger partial charge in [-0.25, -0.2) is 0 Å². The van der Waals surface area contributed by atoms with Gasteiger partial charge in [-0.1, -0.05) is 18.2 Å². The topological polar surface area (TPSA) is 52.6 Å². The third-order valence-corrected chi connectivity index (χ3v) is 3.05. The Labute approximate surface area is 120 Å². The first-order chi connectivity index (χ1) is 9.04. The first-order valence-electron chi connectivity index (χ1n) is 6.55. The Hall–Kier alpha value is -1.84. The van der Waals surface area contributed by atoms with Crippen LogP contribution >= 0.6 is 0 Å². The fourth-order valence-corrected chi connectivity index (χ4v) is 2.10. The largest absolute Gasteiger partial charge is 0.455 e. The van der Waals surface area contributed by atoms with E-state index in [9.17, 15) is 9.59 Å². The molecular weight excluding hydrogens is 256 g/mol. The average molecular weight is 278 g/mol. The molecule has 0 heterocycles. The van der Waals surface area contributed by atoms with Crippen molar-refractivity contribution in [3.63, 3.8) is 0 Å². The molecule has 0 amide bonds. The van der Waals surface area contributed by atoms with Gasteiger partial charge in [0.05, 0.1) is 0 Å². The number of esters is 2. The number of benzene rings is 1. The maximum atomic E-state index is 11.2. The summed E-state index contributed by atoms with van der Waals surface area (Å²) in [7, 11) is 0. The first-order valence-corrected chi connectivity index (χ1v) is 6.55. The van der Waals surface area contributed by atoms with Crippen molar-refractivity contribution >= 4 is 11.9 Å². The minimum Gasteiger partial charge on any atom is -0.455 e. The highest BCUT2D eigenvalue weighted by atomic mass is 16.6. The van der Waals surface area contributed by atoms with Crippen LogP contribution in [0.2, 0.25) is 0 Å². The Morgan fingerprint density at radius 3 is 1.50 bits per heavy atom. The predicted octanol–water partition coefficient (Wildman–Crippen LogP) is 3.28. The second kappa shape index (κ2) is 5.65. The molecule has 0 unspecified atom stereocenters. The summed E-state index contributed by atoms with van der Waals surface area (Å²) in [6, 6.07) is 7.53. The summed E-state index contributed by atoms with van der Waals surface area (Å²) in [5.41, 5.74) is 0.248. The SMILES string of the molecule is CC(=O)OC(C)(C)c1cccc(C(C)(C)OC(C)=O)c1. The van der Waals surface area contributed by atoms with Crippen LogP contribution < -0.4 is 0 Å². The van der Waals surface area contributed by atoms with E-state index in [-0.39, 0.29) is 11.9 Å². The van der Waals surface area contributed by atoms with Gasteiger partial charge in [-0.3, -0.25) is 9.59 Å². The first kappa shape index (κ1) is 16.2. The molecule has 0 saturated heterocycles. The zero-order chi connectivity index (χ0) is 15.6. The van der Waals surface area contributed by atoms with E-state index >= 15 is 0 Å². The van der Waals surface area contributed by atoms with Gasteiger partial charge < -0.3 is 9.47 Å². The van der Waals surface area contributed by atoms with Gasteiger partial charge in [0, 0.05) is 13.8 Å². The lowest BCUT2D eigenvalue weighted by molar-refractivity contribution is -0.155. The number of hydrogen-bond donors (Lipinski definition) is 0. The number of carbonyl (C=O) groups is 2. The molecule has 20 heavy (non-hydrogen) atoms. The Morgan fingerprint density at radius 2 is 1.20 bits per heavy atom. The third kappa shape index (κ3) is 4.08. The normalized spacial score (nSPS) is 11.9. The Morgan fingerprint density at radius 1 is 0.850 bits per heavy atom. The standard InChI is InChI=1S/C16H22O4/c1-11(17)19-15(3,4)13-8-7-9-14(10-13)16(5,6)20-12(2)18/h7-10H,1-6H3. The molecule has 1 aromatic carbocycles. The van der Waals surface area contributed by atoms with Crippen LogP contribution in [0.1, 0.15) is 52.7 Å². The molecule has 4 nitrogen and oxygen atoms in total. The van der Waals surface area contributed by atoms with E-state index < -0.39 is 11.2 Å². The highest BCUT2D eigenvalue weighted by molar-refractivity contribution is 5.67. The van der Waals surface area contributed by atoms with Crippen LogP contribution in [0.25, 0.3) is 0 Å². The minimum atomic E-state index is -0.728. The monoisotopic (exact) mass is 278 g/mol. The van der Waals surface area contributed by atoms with E-state index in [2.05, 4.69) is 0 Å². The highest BCUT2D eigenvalue weighted by Crippen LogP contribution is 2.31. The van der Waals surface area contributed by atoms with Crippen LogP contribution in [-0.4, -0.2) is 11.9 Å². The molecule has 110 valence electrons. The van der Waals surface area contributed by atoms with Crippen LogP contribution in [-0.2, 0) is 30.3 Å². The lowest BCUT2D eigenvalue weighted by atomic mass is 9.90. The van der Waals surface area contributed by atoms with E-state index in [1.807, 2.05) is 52.0 Å². The van der Waals surface area contributed by atoms with E-state index in [1.165, 1.54) is 13.8 Å². The molecule has 1 rings (SSSR count). The fraction of sp³-hybridized carbons (Fsp3) is 0.500. The molecular formula is C16H22O4. The molecule has 0 aliphatic carbocycles. The van der Waals surface area contributed by atoms with Crippen molar-refractivity contribution in [2.75, 3.05) is 0 Å². The van der Waals surface area contributed by atoms with Crippen molar-refractivity contribution in [2.45, 2.75) is 52.7 Å². The molecule has 0 radical (unpaired) electrons. The summed E-state index contributed by atoms with van der Waals surface area (Å²) in [6.07, 6.45) is 0. The van der Waals surface area contributed by atoms with Crippen molar-refractivity contribution in [3.05, 3.63) is 35.4 Å². The number of carbonyl (C=O) groups excluding carboxylic acids is 2. The molecule has 0 bridgehead atoms. The zero-order valence-electron chi connectivity index (χ0n) is 12.9.